The molecule has 23 heavy (non-hydrogen) atoms. The molecule has 124 valence electrons. The summed E-state index contributed by atoms with van der Waals surface area (Å²) in [6.07, 6.45) is 2.32. The fourth-order valence-electron chi connectivity index (χ4n) is 3.31. The summed E-state index contributed by atoms with van der Waals surface area (Å²) in [7, 11) is 1.96. The topological polar surface area (TPSA) is 74.2 Å². The van der Waals surface area contributed by atoms with Crippen molar-refractivity contribution in [3.63, 3.8) is 0 Å². The van der Waals surface area contributed by atoms with E-state index in [0.717, 1.165) is 42.2 Å². The molecule has 6 heteroatoms. The molecule has 3 rings (SSSR count). The standard InChI is InChI=1S/C17H24N4O2/c1-11-4-15(19-18-11)5-14-8-21(10-17(14)23)9-16-6-13(12(2)22)7-20(16)3/h4,6-7,14,17,23H,5,8-10H2,1-3H3,(H,18,19)/t14-,17-/m1/s1. The summed E-state index contributed by atoms with van der Waals surface area (Å²) in [5.74, 6) is 0.283. The molecule has 1 saturated heterocycles. The van der Waals surface area contributed by atoms with E-state index in [4.69, 9.17) is 0 Å². The Hall–Kier alpha value is -1.92. The number of aliphatic hydroxyl groups is 1. The minimum absolute atomic E-state index is 0.0834. The minimum Gasteiger partial charge on any atom is -0.391 e. The van der Waals surface area contributed by atoms with Gasteiger partial charge in [-0.1, -0.05) is 0 Å². The number of aromatic nitrogens is 3. The Balaban J connectivity index is 1.63. The Kier molecular flexibility index (Phi) is 4.37. The zero-order valence-electron chi connectivity index (χ0n) is 13.9. The molecule has 3 heterocycles. The Bertz CT molecular complexity index is 703. The van der Waals surface area contributed by atoms with Crippen molar-refractivity contribution in [1.29, 1.82) is 0 Å². The van der Waals surface area contributed by atoms with E-state index in [2.05, 4.69) is 15.1 Å². The maximum Gasteiger partial charge on any atom is 0.161 e. The first-order chi connectivity index (χ1) is 10.9. The number of carbonyl (C=O) groups excluding carboxylic acids is 1. The van der Waals surface area contributed by atoms with Crippen LogP contribution in [0, 0.1) is 12.8 Å². The third-order valence-corrected chi connectivity index (χ3v) is 4.61. The molecule has 1 fully saturated rings. The molecule has 1 aliphatic rings. The lowest BCUT2D eigenvalue weighted by Crippen LogP contribution is -2.22. The highest BCUT2D eigenvalue weighted by molar-refractivity contribution is 5.94. The summed E-state index contributed by atoms with van der Waals surface area (Å²) in [6.45, 7) is 5.82. The first kappa shape index (κ1) is 16.0. The molecule has 0 aliphatic carbocycles. The highest BCUT2D eigenvalue weighted by Crippen LogP contribution is 2.23. The zero-order chi connectivity index (χ0) is 16.6. The molecule has 2 aromatic rings. The SMILES string of the molecule is CC(=O)c1cc(CN2C[C@@H](Cc3cc(C)[nH]n3)[C@H](O)C2)n(C)c1. The summed E-state index contributed by atoms with van der Waals surface area (Å²) in [5, 5.41) is 17.5. The van der Waals surface area contributed by atoms with Crippen LogP contribution in [-0.4, -0.2) is 49.7 Å². The molecule has 0 spiro atoms. The van der Waals surface area contributed by atoms with Crippen LogP contribution in [0.15, 0.2) is 18.3 Å². The quantitative estimate of drug-likeness (QED) is 0.815. The van der Waals surface area contributed by atoms with Crippen molar-refractivity contribution >= 4 is 5.78 Å². The van der Waals surface area contributed by atoms with Crippen LogP contribution < -0.4 is 0 Å². The van der Waals surface area contributed by atoms with Crippen LogP contribution in [0.5, 0.6) is 0 Å². The van der Waals surface area contributed by atoms with Gasteiger partial charge in [-0.3, -0.25) is 14.8 Å². The number of Topliss-reactive ketones (excluding diaryl/α,β-unsaturated/α-hetero) is 1. The van der Waals surface area contributed by atoms with Gasteiger partial charge >= 0.3 is 0 Å². The third-order valence-electron chi connectivity index (χ3n) is 4.61. The molecule has 6 nitrogen and oxygen atoms in total. The first-order valence-electron chi connectivity index (χ1n) is 8.00. The van der Waals surface area contributed by atoms with Gasteiger partial charge in [0, 0.05) is 55.7 Å². The Morgan fingerprint density at radius 3 is 2.83 bits per heavy atom. The summed E-state index contributed by atoms with van der Waals surface area (Å²) in [5.41, 5.74) is 3.89. The summed E-state index contributed by atoms with van der Waals surface area (Å²) in [6, 6.07) is 3.98. The molecule has 0 radical (unpaired) electrons. The number of likely N-dealkylation sites (tertiary alicyclic amines) is 1. The number of rotatable bonds is 5. The average molecular weight is 316 g/mol. The van der Waals surface area contributed by atoms with Gasteiger partial charge in [0.2, 0.25) is 0 Å². The van der Waals surface area contributed by atoms with Gasteiger partial charge in [-0.05, 0) is 32.4 Å². The van der Waals surface area contributed by atoms with Crippen molar-refractivity contribution in [2.24, 2.45) is 13.0 Å². The lowest BCUT2D eigenvalue weighted by Gasteiger charge is -2.15. The monoisotopic (exact) mass is 316 g/mol. The number of β-amino-alcohol motifs (C(OH)–C–C–N with tert-alkyl or cyclic N) is 1. The van der Waals surface area contributed by atoms with E-state index in [9.17, 15) is 9.90 Å². The number of aromatic amines is 1. The predicted molar refractivity (Wildman–Crippen MR) is 87.2 cm³/mol. The highest BCUT2D eigenvalue weighted by atomic mass is 16.3. The van der Waals surface area contributed by atoms with E-state index in [1.54, 1.807) is 6.92 Å². The first-order valence-corrected chi connectivity index (χ1v) is 8.00. The molecule has 0 bridgehead atoms. The Morgan fingerprint density at radius 2 is 2.22 bits per heavy atom. The van der Waals surface area contributed by atoms with Gasteiger partial charge < -0.3 is 9.67 Å². The smallest absolute Gasteiger partial charge is 0.161 e. The van der Waals surface area contributed by atoms with Gasteiger partial charge in [-0.25, -0.2) is 0 Å². The molecule has 2 aromatic heterocycles. The maximum absolute atomic E-state index is 11.5. The van der Waals surface area contributed by atoms with Gasteiger partial charge in [0.25, 0.3) is 0 Å². The number of aliphatic hydroxyl groups excluding tert-OH is 1. The van der Waals surface area contributed by atoms with Crippen molar-refractivity contribution in [2.45, 2.75) is 32.9 Å². The van der Waals surface area contributed by atoms with E-state index in [1.807, 2.05) is 36.9 Å². The number of hydrogen-bond donors (Lipinski definition) is 2. The van der Waals surface area contributed by atoms with E-state index in [0.29, 0.717) is 6.54 Å². The van der Waals surface area contributed by atoms with Crippen molar-refractivity contribution < 1.29 is 9.90 Å². The van der Waals surface area contributed by atoms with E-state index < -0.39 is 0 Å². The van der Waals surface area contributed by atoms with Crippen molar-refractivity contribution in [2.75, 3.05) is 13.1 Å². The minimum atomic E-state index is -0.334. The molecule has 2 atom stereocenters. The second-order valence-corrected chi connectivity index (χ2v) is 6.66. The lowest BCUT2D eigenvalue weighted by atomic mass is 10.0. The van der Waals surface area contributed by atoms with Gasteiger partial charge in [0.05, 0.1) is 11.8 Å². The van der Waals surface area contributed by atoms with Gasteiger partial charge in [-0.2, -0.15) is 5.10 Å². The Morgan fingerprint density at radius 1 is 1.43 bits per heavy atom. The number of aryl methyl sites for hydroxylation is 2. The van der Waals surface area contributed by atoms with Crippen molar-refractivity contribution in [3.05, 3.63) is 41.0 Å². The lowest BCUT2D eigenvalue weighted by molar-refractivity contribution is 0.101. The van der Waals surface area contributed by atoms with Crippen LogP contribution in [0.2, 0.25) is 0 Å². The predicted octanol–water partition coefficient (Wildman–Crippen LogP) is 1.29. The van der Waals surface area contributed by atoms with Gasteiger partial charge in [-0.15, -0.1) is 0 Å². The molecule has 0 unspecified atom stereocenters. The summed E-state index contributed by atoms with van der Waals surface area (Å²) >= 11 is 0. The number of carbonyl (C=O) groups is 1. The van der Waals surface area contributed by atoms with Gasteiger partial charge in [0.15, 0.2) is 5.78 Å². The van der Waals surface area contributed by atoms with Crippen molar-refractivity contribution in [3.8, 4) is 0 Å². The number of nitrogens with one attached hydrogen (secondary N) is 1. The van der Waals surface area contributed by atoms with Crippen LogP contribution in [-0.2, 0) is 20.0 Å². The molecular weight excluding hydrogens is 292 g/mol. The van der Waals surface area contributed by atoms with Crippen LogP contribution >= 0.6 is 0 Å². The zero-order valence-corrected chi connectivity index (χ0v) is 13.9. The number of ketones is 1. The number of H-pyrrole nitrogens is 1. The number of nitrogens with zero attached hydrogens (tertiary/aromatic N) is 3. The molecule has 0 amide bonds. The molecule has 1 aliphatic heterocycles. The largest absolute Gasteiger partial charge is 0.391 e. The van der Waals surface area contributed by atoms with Crippen LogP contribution in [0.1, 0.15) is 34.4 Å². The Labute approximate surface area is 136 Å². The summed E-state index contributed by atoms with van der Waals surface area (Å²) in [4.78, 5) is 13.7. The second-order valence-electron chi connectivity index (χ2n) is 6.66. The van der Waals surface area contributed by atoms with Crippen LogP contribution in [0.4, 0.5) is 0 Å². The molecular formula is C17H24N4O2. The normalized spacial score (nSPS) is 21.9. The van der Waals surface area contributed by atoms with Crippen LogP contribution in [0.25, 0.3) is 0 Å². The average Bonchev–Trinajstić information content (AvgIpc) is 3.13. The van der Waals surface area contributed by atoms with E-state index >= 15 is 0 Å². The van der Waals surface area contributed by atoms with Gasteiger partial charge in [0.1, 0.15) is 0 Å². The third kappa shape index (κ3) is 3.54. The maximum atomic E-state index is 11.5. The highest BCUT2D eigenvalue weighted by Gasteiger charge is 2.32. The molecule has 2 N–H and O–H groups in total. The van der Waals surface area contributed by atoms with E-state index in [-0.39, 0.29) is 17.8 Å². The van der Waals surface area contributed by atoms with Crippen molar-refractivity contribution in [1.82, 2.24) is 19.7 Å². The van der Waals surface area contributed by atoms with E-state index in [1.165, 1.54) is 0 Å². The molecule has 0 saturated carbocycles. The fourth-order valence-corrected chi connectivity index (χ4v) is 3.31. The number of hydrogen-bond acceptors (Lipinski definition) is 4. The fraction of sp³-hybridized carbons (Fsp3) is 0.529. The second kappa shape index (κ2) is 6.29. The summed E-state index contributed by atoms with van der Waals surface area (Å²) < 4.78 is 1.99. The molecule has 0 aromatic carbocycles. The van der Waals surface area contributed by atoms with Crippen LogP contribution in [0.3, 0.4) is 0 Å².